The zero-order chi connectivity index (χ0) is 21.3. The van der Waals surface area contributed by atoms with E-state index in [2.05, 4.69) is 13.8 Å². The third-order valence-corrected chi connectivity index (χ3v) is 5.95. The number of amides is 1. The van der Waals surface area contributed by atoms with Gasteiger partial charge in [0.15, 0.2) is 6.61 Å². The first kappa shape index (κ1) is 20.2. The maximum Gasteiger partial charge on any atom is 0.260 e. The van der Waals surface area contributed by atoms with Gasteiger partial charge in [0.2, 0.25) is 5.43 Å². The van der Waals surface area contributed by atoms with E-state index in [9.17, 15) is 9.59 Å². The summed E-state index contributed by atoms with van der Waals surface area (Å²) in [5.41, 5.74) is 1.79. The third kappa shape index (κ3) is 3.84. The van der Waals surface area contributed by atoms with Crippen LogP contribution < -0.4 is 10.2 Å². The van der Waals surface area contributed by atoms with Gasteiger partial charge >= 0.3 is 0 Å². The van der Waals surface area contributed by atoms with Crippen LogP contribution in [0, 0.1) is 6.92 Å². The number of carbonyl (C=O) groups excluding carboxylic acids is 1. The SMILES string of the molecule is Cc1oc2cc(OCC(=O)N3[C@H](C)CCC[C@@H]3C)ccc2c(=O)c1-c1ccccc1. The van der Waals surface area contributed by atoms with Crippen LogP contribution in [0.15, 0.2) is 57.7 Å². The van der Waals surface area contributed by atoms with Gasteiger partial charge in [-0.3, -0.25) is 9.59 Å². The van der Waals surface area contributed by atoms with Crippen LogP contribution in [0.3, 0.4) is 0 Å². The second-order valence-corrected chi connectivity index (χ2v) is 8.10. The monoisotopic (exact) mass is 405 g/mol. The fraction of sp³-hybridized carbons (Fsp3) is 0.360. The number of hydrogen-bond acceptors (Lipinski definition) is 4. The van der Waals surface area contributed by atoms with E-state index < -0.39 is 0 Å². The summed E-state index contributed by atoms with van der Waals surface area (Å²) in [6.07, 6.45) is 3.21. The molecule has 0 N–H and O–H groups in total. The molecule has 1 fully saturated rings. The molecule has 0 saturated carbocycles. The van der Waals surface area contributed by atoms with Gasteiger partial charge < -0.3 is 14.1 Å². The summed E-state index contributed by atoms with van der Waals surface area (Å²) < 4.78 is 11.7. The van der Waals surface area contributed by atoms with Crippen LogP contribution in [0.25, 0.3) is 22.1 Å². The van der Waals surface area contributed by atoms with Crippen molar-refractivity contribution in [3.8, 4) is 16.9 Å². The van der Waals surface area contributed by atoms with Crippen molar-refractivity contribution in [2.75, 3.05) is 6.61 Å². The van der Waals surface area contributed by atoms with Crippen molar-refractivity contribution in [1.82, 2.24) is 4.90 Å². The van der Waals surface area contributed by atoms with Crippen molar-refractivity contribution in [1.29, 1.82) is 0 Å². The zero-order valence-electron chi connectivity index (χ0n) is 17.7. The van der Waals surface area contributed by atoms with Crippen LogP contribution in [-0.4, -0.2) is 29.5 Å². The number of aryl methyl sites for hydroxylation is 1. The minimum absolute atomic E-state index is 0.00754. The average molecular weight is 405 g/mol. The number of carbonyl (C=O) groups is 1. The molecule has 1 aromatic heterocycles. The number of likely N-dealkylation sites (tertiary alicyclic amines) is 1. The number of hydrogen-bond donors (Lipinski definition) is 0. The smallest absolute Gasteiger partial charge is 0.260 e. The normalized spacial score (nSPS) is 19.1. The van der Waals surface area contributed by atoms with Crippen LogP contribution >= 0.6 is 0 Å². The molecule has 0 unspecified atom stereocenters. The number of benzene rings is 2. The van der Waals surface area contributed by atoms with Gasteiger partial charge in [-0.2, -0.15) is 0 Å². The molecule has 1 amide bonds. The molecular weight excluding hydrogens is 378 g/mol. The van der Waals surface area contributed by atoms with E-state index >= 15 is 0 Å². The predicted octanol–water partition coefficient (Wildman–Crippen LogP) is 4.94. The minimum atomic E-state index is -0.0708. The lowest BCUT2D eigenvalue weighted by atomic mass is 9.97. The van der Waals surface area contributed by atoms with Gasteiger partial charge in [0.25, 0.3) is 5.91 Å². The van der Waals surface area contributed by atoms with Crippen molar-refractivity contribution < 1.29 is 13.9 Å². The molecule has 156 valence electrons. The van der Waals surface area contributed by atoms with E-state index in [1.807, 2.05) is 35.2 Å². The Labute approximate surface area is 176 Å². The summed E-state index contributed by atoms with van der Waals surface area (Å²) in [5, 5.41) is 0.497. The molecule has 1 saturated heterocycles. The highest BCUT2D eigenvalue weighted by Gasteiger charge is 2.29. The van der Waals surface area contributed by atoms with Crippen LogP contribution in [0.5, 0.6) is 5.75 Å². The molecule has 0 radical (unpaired) electrons. The van der Waals surface area contributed by atoms with E-state index in [4.69, 9.17) is 9.15 Å². The van der Waals surface area contributed by atoms with Crippen LogP contribution in [0.4, 0.5) is 0 Å². The van der Waals surface area contributed by atoms with Gasteiger partial charge in [-0.15, -0.1) is 0 Å². The number of nitrogens with zero attached hydrogens (tertiary/aromatic N) is 1. The minimum Gasteiger partial charge on any atom is -0.484 e. The maximum absolute atomic E-state index is 13.0. The summed E-state index contributed by atoms with van der Waals surface area (Å²) in [7, 11) is 0. The van der Waals surface area contributed by atoms with E-state index in [0.717, 1.165) is 24.8 Å². The molecular formula is C25H27NO4. The molecule has 5 heteroatoms. The number of rotatable bonds is 4. The molecule has 2 heterocycles. The molecule has 3 aromatic rings. The lowest BCUT2D eigenvalue weighted by Crippen LogP contribution is -2.49. The first-order valence-corrected chi connectivity index (χ1v) is 10.5. The Kier molecular flexibility index (Phi) is 5.62. The Hall–Kier alpha value is -3.08. The van der Waals surface area contributed by atoms with Gasteiger partial charge in [0.1, 0.15) is 17.1 Å². The largest absolute Gasteiger partial charge is 0.484 e. The topological polar surface area (TPSA) is 59.8 Å². The lowest BCUT2D eigenvalue weighted by Gasteiger charge is -2.38. The Balaban J connectivity index is 1.57. The highest BCUT2D eigenvalue weighted by molar-refractivity contribution is 5.84. The molecule has 0 spiro atoms. The summed E-state index contributed by atoms with van der Waals surface area (Å²) in [6.45, 7) is 5.95. The average Bonchev–Trinajstić information content (AvgIpc) is 2.72. The Morgan fingerprint density at radius 2 is 1.80 bits per heavy atom. The predicted molar refractivity (Wildman–Crippen MR) is 118 cm³/mol. The summed E-state index contributed by atoms with van der Waals surface area (Å²) in [4.78, 5) is 27.7. The fourth-order valence-corrected chi connectivity index (χ4v) is 4.45. The quantitative estimate of drug-likeness (QED) is 0.617. The molecule has 1 aliphatic rings. The standard InChI is InChI=1S/C25H27NO4/c1-16-8-7-9-17(2)26(16)23(27)15-29-20-12-13-21-22(14-20)30-18(3)24(25(21)28)19-10-5-4-6-11-19/h4-6,10-14,16-17H,7-9,15H2,1-3H3/t16-,17+. The fourth-order valence-electron chi connectivity index (χ4n) is 4.45. The summed E-state index contributed by atoms with van der Waals surface area (Å²) in [6, 6.07) is 15.1. The zero-order valence-corrected chi connectivity index (χ0v) is 17.7. The van der Waals surface area contributed by atoms with E-state index in [1.165, 1.54) is 0 Å². The highest BCUT2D eigenvalue weighted by atomic mass is 16.5. The Bertz CT molecular complexity index is 1110. The van der Waals surface area contributed by atoms with Gasteiger partial charge in [0, 0.05) is 18.2 Å². The Morgan fingerprint density at radius 1 is 1.10 bits per heavy atom. The lowest BCUT2D eigenvalue weighted by molar-refractivity contribution is -0.139. The molecule has 2 aromatic carbocycles. The maximum atomic E-state index is 13.0. The van der Waals surface area contributed by atoms with Crippen molar-refractivity contribution >= 4 is 16.9 Å². The summed E-state index contributed by atoms with van der Waals surface area (Å²) >= 11 is 0. The van der Waals surface area contributed by atoms with E-state index in [-0.39, 0.29) is 30.0 Å². The van der Waals surface area contributed by atoms with E-state index in [1.54, 1.807) is 25.1 Å². The first-order valence-electron chi connectivity index (χ1n) is 10.5. The summed E-state index contributed by atoms with van der Waals surface area (Å²) in [5.74, 6) is 1.07. The van der Waals surface area contributed by atoms with Crippen LogP contribution in [-0.2, 0) is 4.79 Å². The van der Waals surface area contributed by atoms with Crippen molar-refractivity contribution in [2.45, 2.75) is 52.1 Å². The second-order valence-electron chi connectivity index (χ2n) is 8.10. The van der Waals surface area contributed by atoms with Gasteiger partial charge in [-0.25, -0.2) is 0 Å². The van der Waals surface area contributed by atoms with E-state index in [0.29, 0.717) is 28.0 Å². The molecule has 0 aliphatic carbocycles. The molecule has 0 bridgehead atoms. The first-order chi connectivity index (χ1) is 14.5. The third-order valence-electron chi connectivity index (χ3n) is 5.95. The Morgan fingerprint density at radius 3 is 2.50 bits per heavy atom. The number of piperidine rings is 1. The van der Waals surface area contributed by atoms with Gasteiger partial charge in [-0.05, 0) is 57.7 Å². The van der Waals surface area contributed by atoms with Crippen LogP contribution in [0.2, 0.25) is 0 Å². The van der Waals surface area contributed by atoms with Crippen molar-refractivity contribution in [2.24, 2.45) is 0 Å². The van der Waals surface area contributed by atoms with Crippen molar-refractivity contribution in [3.05, 3.63) is 64.5 Å². The van der Waals surface area contributed by atoms with Crippen molar-refractivity contribution in [3.63, 3.8) is 0 Å². The van der Waals surface area contributed by atoms with Crippen LogP contribution in [0.1, 0.15) is 38.9 Å². The number of ether oxygens (including phenoxy) is 1. The molecule has 1 aliphatic heterocycles. The molecule has 2 atom stereocenters. The number of fused-ring (bicyclic) bond motifs is 1. The molecule has 30 heavy (non-hydrogen) atoms. The second kappa shape index (κ2) is 8.34. The molecule has 4 rings (SSSR count). The molecule has 5 nitrogen and oxygen atoms in total. The highest BCUT2D eigenvalue weighted by Crippen LogP contribution is 2.27. The van der Waals surface area contributed by atoms with Gasteiger partial charge in [0.05, 0.1) is 10.9 Å². The van der Waals surface area contributed by atoms with Gasteiger partial charge in [-0.1, -0.05) is 30.3 Å².